The van der Waals surface area contributed by atoms with E-state index in [1.165, 1.54) is 21.3 Å². The van der Waals surface area contributed by atoms with Gasteiger partial charge in [0.05, 0.1) is 25.7 Å². The van der Waals surface area contributed by atoms with Gasteiger partial charge in [-0.15, -0.1) is 0 Å². The van der Waals surface area contributed by atoms with E-state index in [-0.39, 0.29) is 17.2 Å². The van der Waals surface area contributed by atoms with Gasteiger partial charge in [0.1, 0.15) is 11.6 Å². The van der Waals surface area contributed by atoms with Gasteiger partial charge in [0.25, 0.3) is 5.56 Å². The van der Waals surface area contributed by atoms with Crippen LogP contribution >= 0.6 is 0 Å². The van der Waals surface area contributed by atoms with Crippen LogP contribution in [-0.2, 0) is 6.54 Å². The number of ether oxygens (including phenoxy) is 1. The molecule has 0 spiro atoms. The third-order valence-corrected chi connectivity index (χ3v) is 6.14. The van der Waals surface area contributed by atoms with Gasteiger partial charge in [-0.3, -0.25) is 9.36 Å². The van der Waals surface area contributed by atoms with E-state index >= 15 is 0 Å². The number of benzene rings is 2. The molecule has 0 radical (unpaired) electrons. The summed E-state index contributed by atoms with van der Waals surface area (Å²) in [5, 5.41) is 0. The number of hydrogen-bond donors (Lipinski definition) is 0. The van der Waals surface area contributed by atoms with E-state index in [0.29, 0.717) is 23.5 Å². The van der Waals surface area contributed by atoms with Gasteiger partial charge in [-0.05, 0) is 37.1 Å². The largest absolute Gasteiger partial charge is 0.496 e. The fourth-order valence-corrected chi connectivity index (χ4v) is 4.62. The van der Waals surface area contributed by atoms with Crippen LogP contribution in [0.4, 0.5) is 4.39 Å². The zero-order chi connectivity index (χ0) is 22.2. The molecule has 1 aliphatic carbocycles. The molecule has 8 heteroatoms. The van der Waals surface area contributed by atoms with Crippen LogP contribution in [0.25, 0.3) is 16.9 Å². The van der Waals surface area contributed by atoms with Crippen molar-refractivity contribution < 1.29 is 9.13 Å². The molecule has 0 N–H and O–H groups in total. The number of rotatable bonds is 5. The summed E-state index contributed by atoms with van der Waals surface area (Å²) in [4.78, 5) is 31.5. The van der Waals surface area contributed by atoms with Crippen LogP contribution in [0, 0.1) is 5.82 Å². The average molecular weight is 434 g/mol. The van der Waals surface area contributed by atoms with Gasteiger partial charge in [-0.25, -0.2) is 18.7 Å². The van der Waals surface area contributed by atoms with Gasteiger partial charge in [-0.1, -0.05) is 37.1 Å². The van der Waals surface area contributed by atoms with Crippen LogP contribution in [0.5, 0.6) is 5.75 Å². The Bertz CT molecular complexity index is 1410. The number of methoxy groups -OCH3 is 1. The van der Waals surface area contributed by atoms with Crippen LogP contribution in [0.1, 0.15) is 37.3 Å². The Morgan fingerprint density at radius 3 is 2.62 bits per heavy atom. The van der Waals surface area contributed by atoms with Gasteiger partial charge < -0.3 is 9.30 Å². The molecule has 2 heterocycles. The predicted molar refractivity (Wildman–Crippen MR) is 119 cm³/mol. The quantitative estimate of drug-likeness (QED) is 0.481. The summed E-state index contributed by atoms with van der Waals surface area (Å²) in [7, 11) is 1.60. The van der Waals surface area contributed by atoms with E-state index in [1.807, 2.05) is 24.3 Å². The smallest absolute Gasteiger partial charge is 0.337 e. The molecule has 1 fully saturated rings. The van der Waals surface area contributed by atoms with Crippen LogP contribution < -0.4 is 16.0 Å². The van der Waals surface area contributed by atoms with Crippen molar-refractivity contribution in [3.8, 4) is 11.4 Å². The summed E-state index contributed by atoms with van der Waals surface area (Å²) < 4.78 is 23.9. The Hall–Kier alpha value is -3.68. The predicted octanol–water partition coefficient (Wildman–Crippen LogP) is 3.66. The molecule has 2 aromatic carbocycles. The summed E-state index contributed by atoms with van der Waals surface area (Å²) in [6, 6.07) is 13.2. The Morgan fingerprint density at radius 1 is 1.09 bits per heavy atom. The van der Waals surface area contributed by atoms with Crippen molar-refractivity contribution in [3.05, 3.63) is 87.1 Å². The minimum absolute atomic E-state index is 0.172. The second-order valence-electron chi connectivity index (χ2n) is 8.07. The van der Waals surface area contributed by atoms with E-state index < -0.39 is 11.5 Å². The number of nitrogens with zero attached hydrogens (tertiary/aromatic N) is 4. The molecule has 164 valence electrons. The number of imidazole rings is 1. The average Bonchev–Trinajstić information content (AvgIpc) is 3.45. The molecular formula is C24H23FN4O3. The first kappa shape index (κ1) is 20.2. The van der Waals surface area contributed by atoms with Crippen molar-refractivity contribution in [3.63, 3.8) is 0 Å². The molecule has 1 aliphatic rings. The molecule has 0 amide bonds. The van der Waals surface area contributed by atoms with Crippen molar-refractivity contribution in [1.82, 2.24) is 18.7 Å². The van der Waals surface area contributed by atoms with Crippen LogP contribution in [0.2, 0.25) is 0 Å². The number of aromatic nitrogens is 4. The first-order valence-electron chi connectivity index (χ1n) is 10.7. The van der Waals surface area contributed by atoms with Gasteiger partial charge in [0.15, 0.2) is 11.2 Å². The first-order chi connectivity index (χ1) is 15.6. The lowest BCUT2D eigenvalue weighted by atomic mass is 10.2. The Morgan fingerprint density at radius 2 is 1.88 bits per heavy atom. The minimum Gasteiger partial charge on any atom is -0.496 e. The first-order valence-corrected chi connectivity index (χ1v) is 10.7. The molecule has 32 heavy (non-hydrogen) atoms. The monoisotopic (exact) mass is 434 g/mol. The summed E-state index contributed by atoms with van der Waals surface area (Å²) >= 11 is 0. The number of para-hydroxylation sites is 1. The maximum Gasteiger partial charge on any atom is 0.337 e. The molecule has 0 bridgehead atoms. The zero-order valence-electron chi connectivity index (χ0n) is 17.7. The van der Waals surface area contributed by atoms with Crippen molar-refractivity contribution in [1.29, 1.82) is 0 Å². The standard InChI is InChI=1S/C24H23FN4O3/c1-32-20-12-5-2-7-16(20)14-27-15-26-22-21(27)23(30)29(18-9-3-4-10-18)24(31)28(22)19-11-6-8-17(25)13-19/h2,5-8,11-13,15,18H,3-4,9-10,14H2,1H3. The minimum atomic E-state index is -0.484. The topological polar surface area (TPSA) is 71.1 Å². The second kappa shape index (κ2) is 8.11. The van der Waals surface area contributed by atoms with Crippen molar-refractivity contribution in [2.45, 2.75) is 38.3 Å². The van der Waals surface area contributed by atoms with Gasteiger partial charge in [-0.2, -0.15) is 0 Å². The number of fused-ring (bicyclic) bond motifs is 1. The van der Waals surface area contributed by atoms with E-state index in [1.54, 1.807) is 30.1 Å². The lowest BCUT2D eigenvalue weighted by molar-refractivity contribution is 0.408. The van der Waals surface area contributed by atoms with Gasteiger partial charge in [0.2, 0.25) is 0 Å². The van der Waals surface area contributed by atoms with E-state index in [9.17, 15) is 14.0 Å². The molecule has 0 atom stereocenters. The highest BCUT2D eigenvalue weighted by molar-refractivity contribution is 5.72. The lowest BCUT2D eigenvalue weighted by Gasteiger charge is -2.17. The summed E-state index contributed by atoms with van der Waals surface area (Å²) in [5.41, 5.74) is 0.903. The van der Waals surface area contributed by atoms with Crippen molar-refractivity contribution in [2.24, 2.45) is 0 Å². The fourth-order valence-electron chi connectivity index (χ4n) is 4.62. The van der Waals surface area contributed by atoms with Crippen molar-refractivity contribution in [2.75, 3.05) is 7.11 Å². The highest BCUT2D eigenvalue weighted by Gasteiger charge is 2.26. The van der Waals surface area contributed by atoms with Gasteiger partial charge >= 0.3 is 5.69 Å². The molecule has 1 saturated carbocycles. The van der Waals surface area contributed by atoms with Crippen LogP contribution in [0.3, 0.4) is 0 Å². The molecule has 4 aromatic rings. The molecular weight excluding hydrogens is 411 g/mol. The molecule has 0 unspecified atom stereocenters. The molecule has 2 aromatic heterocycles. The molecule has 0 aliphatic heterocycles. The molecule has 5 rings (SSSR count). The van der Waals surface area contributed by atoms with E-state index in [0.717, 1.165) is 31.2 Å². The Labute approximate surface area is 183 Å². The number of hydrogen-bond acceptors (Lipinski definition) is 4. The van der Waals surface area contributed by atoms with Crippen molar-refractivity contribution >= 4 is 11.2 Å². The molecule has 7 nitrogen and oxygen atoms in total. The second-order valence-corrected chi connectivity index (χ2v) is 8.07. The number of halogens is 1. The lowest BCUT2D eigenvalue weighted by Crippen LogP contribution is -2.41. The third-order valence-electron chi connectivity index (χ3n) is 6.14. The maximum absolute atomic E-state index is 14.0. The summed E-state index contributed by atoms with van der Waals surface area (Å²) in [6.07, 6.45) is 5.02. The highest BCUT2D eigenvalue weighted by Crippen LogP contribution is 2.28. The van der Waals surface area contributed by atoms with Crippen LogP contribution in [0.15, 0.2) is 64.4 Å². The Kier molecular flexibility index (Phi) is 5.13. The summed E-state index contributed by atoms with van der Waals surface area (Å²) in [5.74, 6) is 0.235. The van der Waals surface area contributed by atoms with Crippen LogP contribution in [-0.4, -0.2) is 25.8 Å². The molecule has 0 saturated heterocycles. The Balaban J connectivity index is 1.78. The van der Waals surface area contributed by atoms with E-state index in [2.05, 4.69) is 4.98 Å². The highest BCUT2D eigenvalue weighted by atomic mass is 19.1. The summed E-state index contributed by atoms with van der Waals surface area (Å²) in [6.45, 7) is 0.349. The van der Waals surface area contributed by atoms with E-state index in [4.69, 9.17) is 4.74 Å². The maximum atomic E-state index is 14.0. The van der Waals surface area contributed by atoms with Gasteiger partial charge in [0, 0.05) is 11.6 Å². The SMILES string of the molecule is COc1ccccc1Cn1cnc2c1c(=O)n(C1CCCC1)c(=O)n2-c1cccc(F)c1. The zero-order valence-corrected chi connectivity index (χ0v) is 17.7. The third kappa shape index (κ3) is 3.32. The fraction of sp³-hybridized carbons (Fsp3) is 0.292. The normalized spacial score (nSPS) is 14.3.